The molecule has 3 nitrogen and oxygen atoms in total. The Morgan fingerprint density at radius 2 is 2.25 bits per heavy atom. The number of carbonyl (C=O) groups excluding carboxylic acids is 1. The number of rotatable bonds is 2. The summed E-state index contributed by atoms with van der Waals surface area (Å²) in [6.45, 7) is 4.10. The molecule has 0 aromatic heterocycles. The lowest BCUT2D eigenvalue weighted by molar-refractivity contribution is -0.134. The van der Waals surface area contributed by atoms with Crippen molar-refractivity contribution < 1.29 is 9.18 Å². The number of nitriles is 1. The Balaban J connectivity index is 2.09. The molecule has 2 aliphatic rings. The van der Waals surface area contributed by atoms with Crippen molar-refractivity contribution in [3.05, 3.63) is 0 Å². The third-order valence-electron chi connectivity index (χ3n) is 3.95. The molecule has 0 spiro atoms. The maximum absolute atomic E-state index is 14.1. The molecule has 2 rings (SSSR count). The van der Waals surface area contributed by atoms with Crippen molar-refractivity contribution in [3.8, 4) is 6.07 Å². The highest BCUT2D eigenvalue weighted by Gasteiger charge is 2.55. The lowest BCUT2D eigenvalue weighted by Crippen LogP contribution is -2.36. The minimum absolute atomic E-state index is 0.0917. The number of likely N-dealkylation sites (tertiary alicyclic amines) is 1. The van der Waals surface area contributed by atoms with Crippen molar-refractivity contribution in [1.82, 2.24) is 4.90 Å². The van der Waals surface area contributed by atoms with Gasteiger partial charge in [0.05, 0.1) is 12.6 Å². The highest BCUT2D eigenvalue weighted by molar-refractivity contribution is 5.88. The van der Waals surface area contributed by atoms with E-state index in [9.17, 15) is 9.18 Å². The van der Waals surface area contributed by atoms with E-state index in [1.54, 1.807) is 11.8 Å². The summed E-state index contributed by atoms with van der Waals surface area (Å²) < 4.78 is 14.1. The summed E-state index contributed by atoms with van der Waals surface area (Å²) in [6.07, 6.45) is 2.01. The molecule has 2 atom stereocenters. The number of halogens is 1. The molecular formula is C12H17FN2O. The topological polar surface area (TPSA) is 44.1 Å². The number of alkyl halides is 1. The van der Waals surface area contributed by atoms with Crippen LogP contribution in [0.3, 0.4) is 0 Å². The fraction of sp³-hybridized carbons (Fsp3) is 0.833. The van der Waals surface area contributed by atoms with Gasteiger partial charge in [-0.15, -0.1) is 0 Å². The van der Waals surface area contributed by atoms with E-state index in [4.69, 9.17) is 5.26 Å². The van der Waals surface area contributed by atoms with E-state index < -0.39 is 11.1 Å². The Bertz CT molecular complexity index is 355. The Kier molecular flexibility index (Phi) is 2.45. The van der Waals surface area contributed by atoms with E-state index in [1.165, 1.54) is 0 Å². The average Bonchev–Trinajstić information content (AvgIpc) is 2.97. The highest BCUT2D eigenvalue weighted by Crippen LogP contribution is 2.48. The summed E-state index contributed by atoms with van der Waals surface area (Å²) in [5.41, 5.74) is -2.10. The van der Waals surface area contributed by atoms with Crippen LogP contribution in [-0.4, -0.2) is 29.6 Å². The summed E-state index contributed by atoms with van der Waals surface area (Å²) in [6, 6.07) is 2.08. The molecule has 88 valence electrons. The molecule has 1 saturated heterocycles. The Hall–Kier alpha value is -1.11. The number of amides is 1. The van der Waals surface area contributed by atoms with Crippen LogP contribution >= 0.6 is 0 Å². The second-order valence-corrected chi connectivity index (χ2v) is 5.26. The number of hydrogen-bond acceptors (Lipinski definition) is 2. The first kappa shape index (κ1) is 11.4. The molecule has 1 saturated carbocycles. The highest BCUT2D eigenvalue weighted by atomic mass is 19.1. The van der Waals surface area contributed by atoms with E-state index in [-0.39, 0.29) is 18.4 Å². The predicted octanol–water partition coefficient (Wildman–Crippen LogP) is 1.89. The normalized spacial score (nSPS) is 35.9. The van der Waals surface area contributed by atoms with Gasteiger partial charge >= 0.3 is 0 Å². The van der Waals surface area contributed by atoms with Crippen LogP contribution in [0.5, 0.6) is 0 Å². The molecule has 0 bridgehead atoms. The number of carbonyl (C=O) groups is 1. The Morgan fingerprint density at radius 3 is 2.62 bits per heavy atom. The monoisotopic (exact) mass is 224 g/mol. The molecule has 1 amide bonds. The van der Waals surface area contributed by atoms with Gasteiger partial charge in [0.15, 0.2) is 0 Å². The van der Waals surface area contributed by atoms with Crippen LogP contribution in [0.2, 0.25) is 0 Å². The van der Waals surface area contributed by atoms with Gasteiger partial charge in [0.2, 0.25) is 5.91 Å². The second kappa shape index (κ2) is 3.44. The van der Waals surface area contributed by atoms with E-state index in [0.29, 0.717) is 19.4 Å². The van der Waals surface area contributed by atoms with Gasteiger partial charge in [-0.05, 0) is 26.2 Å². The molecule has 2 fully saturated rings. The Labute approximate surface area is 95.2 Å². The van der Waals surface area contributed by atoms with Crippen molar-refractivity contribution in [2.75, 3.05) is 13.1 Å². The molecule has 16 heavy (non-hydrogen) atoms. The first-order valence-electron chi connectivity index (χ1n) is 5.85. The molecule has 1 aliphatic heterocycles. The van der Waals surface area contributed by atoms with Crippen LogP contribution in [0.25, 0.3) is 0 Å². The van der Waals surface area contributed by atoms with Gasteiger partial charge in [0, 0.05) is 12.5 Å². The van der Waals surface area contributed by atoms with Crippen LogP contribution in [-0.2, 0) is 4.79 Å². The lowest BCUT2D eigenvalue weighted by Gasteiger charge is -2.20. The third-order valence-corrected chi connectivity index (χ3v) is 3.95. The van der Waals surface area contributed by atoms with Gasteiger partial charge in [0.1, 0.15) is 11.1 Å². The minimum Gasteiger partial charge on any atom is -0.338 e. The smallest absolute Gasteiger partial charge is 0.243 e. The summed E-state index contributed by atoms with van der Waals surface area (Å²) in [5, 5.41) is 8.95. The van der Waals surface area contributed by atoms with Crippen LogP contribution in [0.15, 0.2) is 0 Å². The van der Waals surface area contributed by atoms with Crippen LogP contribution in [0.4, 0.5) is 4.39 Å². The fourth-order valence-corrected chi connectivity index (χ4v) is 2.53. The predicted molar refractivity (Wildman–Crippen MR) is 57.2 cm³/mol. The quantitative estimate of drug-likeness (QED) is 0.719. The van der Waals surface area contributed by atoms with Gasteiger partial charge in [-0.1, -0.05) is 6.92 Å². The van der Waals surface area contributed by atoms with E-state index >= 15 is 0 Å². The van der Waals surface area contributed by atoms with Crippen molar-refractivity contribution in [1.29, 1.82) is 5.26 Å². The lowest BCUT2D eigenvalue weighted by atomic mass is 9.93. The van der Waals surface area contributed by atoms with E-state index in [2.05, 4.69) is 6.07 Å². The van der Waals surface area contributed by atoms with Gasteiger partial charge in [-0.25, -0.2) is 4.39 Å². The van der Waals surface area contributed by atoms with Crippen molar-refractivity contribution in [3.63, 3.8) is 0 Å². The number of nitrogens with zero attached hydrogens (tertiary/aromatic N) is 2. The Morgan fingerprint density at radius 1 is 1.62 bits per heavy atom. The maximum Gasteiger partial charge on any atom is 0.243 e. The molecule has 0 radical (unpaired) electrons. The zero-order chi connectivity index (χ0) is 12.0. The first-order chi connectivity index (χ1) is 7.45. The average molecular weight is 224 g/mol. The van der Waals surface area contributed by atoms with Gasteiger partial charge in [-0.2, -0.15) is 5.26 Å². The molecule has 4 heteroatoms. The summed E-state index contributed by atoms with van der Waals surface area (Å²) in [7, 11) is 0. The molecule has 2 unspecified atom stereocenters. The molecular weight excluding hydrogens is 207 g/mol. The van der Waals surface area contributed by atoms with Gasteiger partial charge in [-0.3, -0.25) is 4.79 Å². The number of hydrogen-bond donors (Lipinski definition) is 0. The second-order valence-electron chi connectivity index (χ2n) is 5.26. The molecule has 0 N–H and O–H groups in total. The zero-order valence-electron chi connectivity index (χ0n) is 9.79. The summed E-state index contributed by atoms with van der Waals surface area (Å²) in [4.78, 5) is 13.6. The molecule has 0 aromatic rings. The molecule has 1 heterocycles. The maximum atomic E-state index is 14.1. The standard InChI is InChI=1S/C12H17FN2O/c1-3-9-6-15(8-11(9,2)13)10(16)12(7-14)4-5-12/h9H,3-6,8H2,1-2H3. The summed E-state index contributed by atoms with van der Waals surface area (Å²) >= 11 is 0. The zero-order valence-corrected chi connectivity index (χ0v) is 9.79. The van der Waals surface area contributed by atoms with Crippen LogP contribution < -0.4 is 0 Å². The SMILES string of the molecule is CCC1CN(C(=O)C2(C#N)CC2)CC1(C)F. The van der Waals surface area contributed by atoms with Crippen molar-refractivity contribution in [2.45, 2.75) is 38.8 Å². The minimum atomic E-state index is -1.30. The van der Waals surface area contributed by atoms with Crippen molar-refractivity contribution >= 4 is 5.91 Å². The van der Waals surface area contributed by atoms with Gasteiger partial charge in [0.25, 0.3) is 0 Å². The van der Waals surface area contributed by atoms with E-state index in [1.807, 2.05) is 6.92 Å². The van der Waals surface area contributed by atoms with Crippen molar-refractivity contribution in [2.24, 2.45) is 11.3 Å². The van der Waals surface area contributed by atoms with Crippen LogP contribution in [0.1, 0.15) is 33.1 Å². The van der Waals surface area contributed by atoms with E-state index in [0.717, 1.165) is 6.42 Å². The van der Waals surface area contributed by atoms with Gasteiger partial charge < -0.3 is 4.90 Å². The largest absolute Gasteiger partial charge is 0.338 e. The molecule has 1 aliphatic carbocycles. The third kappa shape index (κ3) is 1.59. The first-order valence-corrected chi connectivity index (χ1v) is 5.85. The summed E-state index contributed by atoms with van der Waals surface area (Å²) in [5.74, 6) is -0.249. The van der Waals surface area contributed by atoms with Crippen LogP contribution in [0, 0.1) is 22.7 Å². The molecule has 0 aromatic carbocycles. The fourth-order valence-electron chi connectivity index (χ4n) is 2.53.